The lowest BCUT2D eigenvalue weighted by Gasteiger charge is -2.22. The Kier molecular flexibility index (Phi) is 7.00. The third-order valence-electron chi connectivity index (χ3n) is 3.81. The number of thiocarbonyl (C=S) groups is 1. The third-order valence-corrected chi connectivity index (χ3v) is 4.17. The lowest BCUT2D eigenvalue weighted by Crippen LogP contribution is -2.34. The Balaban J connectivity index is 0.00000243. The van der Waals surface area contributed by atoms with Crippen LogP contribution in [-0.2, 0) is 4.79 Å². The zero-order valence-electron chi connectivity index (χ0n) is 13.5. The molecule has 1 heterocycles. The second-order valence-electron chi connectivity index (χ2n) is 5.32. The van der Waals surface area contributed by atoms with E-state index in [4.69, 9.17) is 11.6 Å². The van der Waals surface area contributed by atoms with Crippen LogP contribution in [0.4, 0.5) is 10.1 Å². The van der Waals surface area contributed by atoms with Crippen molar-refractivity contribution in [3.8, 4) is 0 Å². The number of amides is 1. The highest BCUT2D eigenvalue weighted by Crippen LogP contribution is 2.30. The first-order valence-electron chi connectivity index (χ1n) is 7.55. The Hall–Kier alpha value is -2.11. The Morgan fingerprint density at radius 2 is 2.04 bits per heavy atom. The van der Waals surface area contributed by atoms with Crippen LogP contribution in [0.3, 0.4) is 0 Å². The van der Waals surface area contributed by atoms with Crippen molar-refractivity contribution in [1.29, 1.82) is 0 Å². The number of rotatable bonds is 4. The first-order chi connectivity index (χ1) is 12.1. The highest BCUT2D eigenvalue weighted by molar-refractivity contribution is 7.78. The average molecular weight is 410 g/mol. The fourth-order valence-electron chi connectivity index (χ4n) is 2.71. The molecule has 0 saturated carbocycles. The number of carbonyl (C=O) groups excluding carboxylic acids is 1. The molecule has 0 aromatic heterocycles. The first kappa shape index (κ1) is 20.2. The van der Waals surface area contributed by atoms with E-state index in [1.54, 1.807) is 41.3 Å². The van der Waals surface area contributed by atoms with Gasteiger partial charge in [0.25, 0.3) is 0 Å². The SMILES string of the molecule is Cl.O=C1CN=C(c2ccccc2F)c2cc(Cl)ccc2N1CCN=C=S. The van der Waals surface area contributed by atoms with Crippen LogP contribution in [0.1, 0.15) is 11.1 Å². The smallest absolute Gasteiger partial charge is 0.248 e. The van der Waals surface area contributed by atoms with Gasteiger partial charge in [-0.25, -0.2) is 9.38 Å². The van der Waals surface area contributed by atoms with Crippen molar-refractivity contribution in [2.75, 3.05) is 24.5 Å². The van der Waals surface area contributed by atoms with Gasteiger partial charge in [-0.05, 0) is 42.5 Å². The van der Waals surface area contributed by atoms with Gasteiger partial charge in [-0.1, -0.05) is 23.7 Å². The zero-order valence-corrected chi connectivity index (χ0v) is 15.9. The molecule has 26 heavy (non-hydrogen) atoms. The summed E-state index contributed by atoms with van der Waals surface area (Å²) in [7, 11) is 0. The second kappa shape index (κ2) is 9.01. The van der Waals surface area contributed by atoms with Crippen molar-refractivity contribution < 1.29 is 9.18 Å². The van der Waals surface area contributed by atoms with E-state index in [-0.39, 0.29) is 24.9 Å². The van der Waals surface area contributed by atoms with E-state index in [0.717, 1.165) is 0 Å². The van der Waals surface area contributed by atoms with Gasteiger partial charge in [0.1, 0.15) is 12.4 Å². The molecule has 1 aliphatic heterocycles. The molecule has 3 rings (SSSR count). The predicted molar refractivity (Wildman–Crippen MR) is 108 cm³/mol. The number of halogens is 3. The van der Waals surface area contributed by atoms with E-state index in [0.29, 0.717) is 40.6 Å². The molecule has 0 aliphatic carbocycles. The molecule has 0 unspecified atom stereocenters. The van der Waals surface area contributed by atoms with E-state index in [1.165, 1.54) is 6.07 Å². The number of benzene rings is 2. The number of carbonyl (C=O) groups is 1. The molecule has 0 fully saturated rings. The molecule has 8 heteroatoms. The summed E-state index contributed by atoms with van der Waals surface area (Å²) in [6.45, 7) is 0.570. The number of anilines is 1. The van der Waals surface area contributed by atoms with Crippen molar-refractivity contribution in [3.05, 3.63) is 64.4 Å². The maximum atomic E-state index is 14.3. The monoisotopic (exact) mass is 409 g/mol. The summed E-state index contributed by atoms with van der Waals surface area (Å²) in [5, 5.41) is 2.76. The summed E-state index contributed by atoms with van der Waals surface area (Å²) in [6.07, 6.45) is 0. The Morgan fingerprint density at radius 1 is 1.27 bits per heavy atom. The van der Waals surface area contributed by atoms with Gasteiger partial charge in [0.15, 0.2) is 0 Å². The quantitative estimate of drug-likeness (QED) is 0.561. The molecule has 134 valence electrons. The van der Waals surface area contributed by atoms with E-state index in [1.807, 2.05) is 0 Å². The first-order valence-corrected chi connectivity index (χ1v) is 8.33. The number of aliphatic imine (C=N–C) groups is 2. The van der Waals surface area contributed by atoms with Crippen LogP contribution in [0.5, 0.6) is 0 Å². The lowest BCUT2D eigenvalue weighted by molar-refractivity contribution is -0.117. The van der Waals surface area contributed by atoms with Crippen LogP contribution in [0.25, 0.3) is 0 Å². The molecule has 0 atom stereocenters. The van der Waals surface area contributed by atoms with Gasteiger partial charge in [-0.2, -0.15) is 0 Å². The van der Waals surface area contributed by atoms with Gasteiger partial charge >= 0.3 is 0 Å². The Labute approximate surface area is 166 Å². The number of hydrogen-bond acceptors (Lipinski definition) is 4. The van der Waals surface area contributed by atoms with Crippen LogP contribution in [0, 0.1) is 5.82 Å². The van der Waals surface area contributed by atoms with E-state index in [2.05, 4.69) is 27.4 Å². The molecule has 2 aromatic carbocycles. The predicted octanol–water partition coefficient (Wildman–Crippen LogP) is 4.19. The normalized spacial score (nSPS) is 13.1. The number of fused-ring (bicyclic) bond motifs is 1. The fourth-order valence-corrected chi connectivity index (χ4v) is 2.97. The number of nitrogens with zero attached hydrogens (tertiary/aromatic N) is 3. The lowest BCUT2D eigenvalue weighted by atomic mass is 9.99. The van der Waals surface area contributed by atoms with E-state index < -0.39 is 5.82 Å². The molecule has 0 N–H and O–H groups in total. The maximum absolute atomic E-state index is 14.3. The van der Waals surface area contributed by atoms with Crippen LogP contribution < -0.4 is 4.90 Å². The van der Waals surface area contributed by atoms with Crippen LogP contribution >= 0.6 is 36.2 Å². The summed E-state index contributed by atoms with van der Waals surface area (Å²) in [6, 6.07) is 11.4. The summed E-state index contributed by atoms with van der Waals surface area (Å²) in [5.74, 6) is -0.604. The fraction of sp³-hybridized carbons (Fsp3) is 0.167. The van der Waals surface area contributed by atoms with Gasteiger partial charge in [0.05, 0.1) is 23.1 Å². The number of benzodiazepines with no additional fused rings is 1. The van der Waals surface area contributed by atoms with Gasteiger partial charge in [0, 0.05) is 22.7 Å². The Bertz CT molecular complexity index is 913. The van der Waals surface area contributed by atoms with Gasteiger partial charge in [-0.15, -0.1) is 12.4 Å². The topological polar surface area (TPSA) is 45.0 Å². The largest absolute Gasteiger partial charge is 0.308 e. The van der Waals surface area contributed by atoms with Gasteiger partial charge < -0.3 is 4.90 Å². The van der Waals surface area contributed by atoms with E-state index >= 15 is 0 Å². The van der Waals surface area contributed by atoms with Gasteiger partial charge in [-0.3, -0.25) is 9.79 Å². The molecule has 0 saturated heterocycles. The molecule has 1 amide bonds. The summed E-state index contributed by atoms with van der Waals surface area (Å²) < 4.78 is 14.3. The van der Waals surface area contributed by atoms with Crippen LogP contribution in [-0.4, -0.2) is 36.4 Å². The highest BCUT2D eigenvalue weighted by Gasteiger charge is 2.26. The molecule has 1 aliphatic rings. The average Bonchev–Trinajstić information content (AvgIpc) is 2.73. The maximum Gasteiger partial charge on any atom is 0.248 e. The van der Waals surface area contributed by atoms with Crippen molar-refractivity contribution in [3.63, 3.8) is 0 Å². The van der Waals surface area contributed by atoms with Crippen molar-refractivity contribution >= 4 is 58.7 Å². The number of isothiocyanates is 1. The molecule has 4 nitrogen and oxygen atoms in total. The second-order valence-corrected chi connectivity index (χ2v) is 5.94. The summed E-state index contributed by atoms with van der Waals surface area (Å²) in [4.78, 5) is 22.3. The molecule has 0 radical (unpaired) electrons. The van der Waals surface area contributed by atoms with Crippen molar-refractivity contribution in [2.24, 2.45) is 9.98 Å². The Morgan fingerprint density at radius 3 is 2.77 bits per heavy atom. The highest BCUT2D eigenvalue weighted by atomic mass is 35.5. The standard InChI is InChI=1S/C18H13ClFN3OS.ClH/c19-12-5-6-16-14(9-12)18(13-3-1-2-4-15(13)20)22-10-17(24)23(16)8-7-21-11-25;/h1-6,9H,7-8,10H2;1H. The minimum Gasteiger partial charge on any atom is -0.308 e. The van der Waals surface area contributed by atoms with E-state index in [9.17, 15) is 9.18 Å². The summed E-state index contributed by atoms with van der Waals surface area (Å²) >= 11 is 10.7. The van der Waals surface area contributed by atoms with Crippen LogP contribution in [0.2, 0.25) is 5.02 Å². The zero-order chi connectivity index (χ0) is 17.8. The molecular formula is C18H14Cl2FN3OS. The van der Waals surface area contributed by atoms with Crippen LogP contribution in [0.15, 0.2) is 52.4 Å². The molecule has 2 aromatic rings. The minimum atomic E-state index is -0.404. The van der Waals surface area contributed by atoms with Crippen molar-refractivity contribution in [1.82, 2.24) is 0 Å². The summed E-state index contributed by atoms with van der Waals surface area (Å²) in [5.41, 5.74) is 1.96. The molecular weight excluding hydrogens is 396 g/mol. The molecule has 0 bridgehead atoms. The third kappa shape index (κ3) is 4.17. The molecule has 0 spiro atoms. The minimum absolute atomic E-state index is 0. The number of hydrogen-bond donors (Lipinski definition) is 0. The van der Waals surface area contributed by atoms with Crippen molar-refractivity contribution in [2.45, 2.75) is 0 Å². The van der Waals surface area contributed by atoms with Gasteiger partial charge in [0.2, 0.25) is 5.91 Å².